The maximum Gasteiger partial charge on any atom is 0.356 e. The van der Waals surface area contributed by atoms with Gasteiger partial charge in [-0.1, -0.05) is 12.1 Å². The van der Waals surface area contributed by atoms with Gasteiger partial charge in [-0.3, -0.25) is 0 Å². The van der Waals surface area contributed by atoms with Crippen LogP contribution >= 0.6 is 0 Å². The summed E-state index contributed by atoms with van der Waals surface area (Å²) in [6, 6.07) is 6.24. The summed E-state index contributed by atoms with van der Waals surface area (Å²) in [5.74, 6) is -1.17. The Morgan fingerprint density at radius 3 is 2.63 bits per heavy atom. The average molecular weight is 281 g/mol. The summed E-state index contributed by atoms with van der Waals surface area (Å²) < 4.78 is 27.3. The van der Waals surface area contributed by atoms with E-state index in [1.54, 1.807) is 18.2 Å². The number of nitrogens with zero attached hydrogens (tertiary/aromatic N) is 2. The fraction of sp³-hybridized carbons (Fsp3) is 0.0909. The number of aromatic carboxylic acids is 1. The van der Waals surface area contributed by atoms with E-state index in [1.807, 2.05) is 0 Å². The van der Waals surface area contributed by atoms with Gasteiger partial charge < -0.3 is 9.67 Å². The number of hydrogen-bond acceptors (Lipinski definition) is 4. The second-order valence-corrected chi connectivity index (χ2v) is 5.50. The zero-order valence-corrected chi connectivity index (χ0v) is 10.8. The number of para-hydroxylation sites is 1. The second-order valence-electron chi connectivity index (χ2n) is 3.65. The van der Waals surface area contributed by atoms with Crippen molar-refractivity contribution in [3.63, 3.8) is 0 Å². The molecule has 7 nitrogen and oxygen atoms in total. The number of hydrogen-bond donors (Lipinski definition) is 2. The number of imidazole rings is 1. The number of carbonyl (C=O) groups is 1. The van der Waals surface area contributed by atoms with Gasteiger partial charge in [-0.15, -0.1) is 0 Å². The topological polar surface area (TPSA) is 101 Å². The summed E-state index contributed by atoms with van der Waals surface area (Å²) >= 11 is 0. The third-order valence-electron chi connectivity index (χ3n) is 2.50. The molecule has 0 bridgehead atoms. The fourth-order valence-electron chi connectivity index (χ4n) is 1.57. The molecule has 0 aliphatic carbocycles. The monoisotopic (exact) mass is 281 g/mol. The molecule has 8 heteroatoms. The van der Waals surface area contributed by atoms with Gasteiger partial charge in [-0.2, -0.15) is 0 Å². The Morgan fingerprint density at radius 1 is 1.37 bits per heavy atom. The van der Waals surface area contributed by atoms with E-state index in [2.05, 4.69) is 9.71 Å². The highest BCUT2D eigenvalue weighted by atomic mass is 32.2. The van der Waals surface area contributed by atoms with Gasteiger partial charge >= 0.3 is 5.97 Å². The molecule has 0 atom stereocenters. The van der Waals surface area contributed by atoms with Crippen LogP contribution in [0.5, 0.6) is 0 Å². The van der Waals surface area contributed by atoms with Gasteiger partial charge in [0.05, 0.1) is 5.69 Å². The molecule has 0 spiro atoms. The Kier molecular flexibility index (Phi) is 3.36. The van der Waals surface area contributed by atoms with Crippen LogP contribution in [-0.2, 0) is 10.0 Å². The molecular weight excluding hydrogens is 270 g/mol. The first-order chi connectivity index (χ1) is 8.95. The first-order valence-electron chi connectivity index (χ1n) is 5.26. The highest BCUT2D eigenvalue weighted by molar-refractivity contribution is 7.89. The summed E-state index contributed by atoms with van der Waals surface area (Å²) in [5.41, 5.74) is 0.175. The number of carboxylic acids is 1. The van der Waals surface area contributed by atoms with Crippen molar-refractivity contribution in [3.05, 3.63) is 42.5 Å². The predicted octanol–water partition coefficient (Wildman–Crippen LogP) is 0.479. The Bertz CT molecular complexity index is 721. The molecule has 0 amide bonds. The van der Waals surface area contributed by atoms with Gasteiger partial charge in [0.15, 0.2) is 5.69 Å². The Balaban J connectivity index is 2.59. The van der Waals surface area contributed by atoms with Crippen LogP contribution in [0.1, 0.15) is 10.5 Å². The highest BCUT2D eigenvalue weighted by Crippen LogP contribution is 2.19. The van der Waals surface area contributed by atoms with E-state index in [4.69, 9.17) is 5.11 Å². The van der Waals surface area contributed by atoms with Crippen LogP contribution < -0.4 is 4.72 Å². The molecule has 1 aromatic carbocycles. The third-order valence-corrected chi connectivity index (χ3v) is 3.97. The van der Waals surface area contributed by atoms with Crippen LogP contribution in [0.4, 0.5) is 0 Å². The van der Waals surface area contributed by atoms with Crippen molar-refractivity contribution in [2.75, 3.05) is 7.05 Å². The maximum atomic E-state index is 11.9. The summed E-state index contributed by atoms with van der Waals surface area (Å²) in [6.45, 7) is 0. The average Bonchev–Trinajstić information content (AvgIpc) is 2.88. The minimum absolute atomic E-state index is 0.0480. The molecule has 0 radical (unpaired) electrons. The summed E-state index contributed by atoms with van der Waals surface area (Å²) in [7, 11) is -2.33. The smallest absolute Gasteiger partial charge is 0.356 e. The summed E-state index contributed by atoms with van der Waals surface area (Å²) in [4.78, 5) is 14.5. The van der Waals surface area contributed by atoms with Crippen LogP contribution in [0.3, 0.4) is 0 Å². The van der Waals surface area contributed by atoms with Crippen molar-refractivity contribution >= 4 is 16.0 Å². The molecule has 1 heterocycles. The van der Waals surface area contributed by atoms with Crippen LogP contribution in [0.25, 0.3) is 5.69 Å². The quantitative estimate of drug-likeness (QED) is 0.848. The first-order valence-corrected chi connectivity index (χ1v) is 6.74. The van der Waals surface area contributed by atoms with E-state index < -0.39 is 16.0 Å². The summed E-state index contributed by atoms with van der Waals surface area (Å²) in [5, 5.41) is 8.81. The lowest BCUT2D eigenvalue weighted by Gasteiger charge is -2.09. The van der Waals surface area contributed by atoms with Crippen LogP contribution in [0.2, 0.25) is 0 Å². The van der Waals surface area contributed by atoms with Gasteiger partial charge in [-0.25, -0.2) is 22.9 Å². The fourth-order valence-corrected chi connectivity index (χ4v) is 2.50. The lowest BCUT2D eigenvalue weighted by Crippen LogP contribution is -2.20. The largest absolute Gasteiger partial charge is 0.476 e. The van der Waals surface area contributed by atoms with E-state index in [9.17, 15) is 13.2 Å². The molecule has 0 unspecified atom stereocenters. The Labute approximate surface area is 109 Å². The van der Waals surface area contributed by atoms with Crippen molar-refractivity contribution < 1.29 is 18.3 Å². The molecule has 1 aromatic heterocycles. The normalized spacial score (nSPS) is 11.4. The van der Waals surface area contributed by atoms with E-state index in [1.165, 1.54) is 30.2 Å². The minimum atomic E-state index is -3.63. The van der Waals surface area contributed by atoms with Crippen LogP contribution in [0, 0.1) is 0 Å². The second kappa shape index (κ2) is 4.82. The third kappa shape index (κ3) is 2.49. The zero-order chi connectivity index (χ0) is 14.0. The zero-order valence-electron chi connectivity index (χ0n) is 9.94. The molecule has 0 aliphatic rings. The van der Waals surface area contributed by atoms with Crippen molar-refractivity contribution in [1.29, 1.82) is 0 Å². The molecule has 0 aliphatic heterocycles. The standard InChI is InChI=1S/C11H11N3O4S/c1-12-19(17,18)10-5-3-2-4-9(10)14-6-8(11(15)16)13-7-14/h2-7,12H,1H3,(H,15,16). The van der Waals surface area contributed by atoms with Crippen molar-refractivity contribution in [3.8, 4) is 5.69 Å². The number of rotatable bonds is 4. The van der Waals surface area contributed by atoms with E-state index >= 15 is 0 Å². The molecule has 0 saturated heterocycles. The molecule has 0 fully saturated rings. The molecule has 2 rings (SSSR count). The highest BCUT2D eigenvalue weighted by Gasteiger charge is 2.18. The number of aromatic nitrogens is 2. The maximum absolute atomic E-state index is 11.9. The van der Waals surface area contributed by atoms with E-state index in [0.29, 0.717) is 5.69 Å². The predicted molar refractivity (Wildman–Crippen MR) is 66.8 cm³/mol. The van der Waals surface area contributed by atoms with E-state index in [-0.39, 0.29) is 10.6 Å². The van der Waals surface area contributed by atoms with Gasteiger partial charge in [0.1, 0.15) is 11.2 Å². The number of sulfonamides is 1. The van der Waals surface area contributed by atoms with Gasteiger partial charge in [0, 0.05) is 6.20 Å². The summed E-state index contributed by atoms with van der Waals surface area (Å²) in [6.07, 6.45) is 2.51. The SMILES string of the molecule is CNS(=O)(=O)c1ccccc1-n1cnc(C(=O)O)c1. The van der Waals surface area contributed by atoms with Crippen LogP contribution in [-0.4, -0.2) is 36.1 Å². The minimum Gasteiger partial charge on any atom is -0.476 e. The number of benzene rings is 1. The number of nitrogens with one attached hydrogen (secondary N) is 1. The Hall–Kier alpha value is -2.19. The lowest BCUT2D eigenvalue weighted by atomic mass is 10.3. The van der Waals surface area contributed by atoms with Crippen molar-refractivity contribution in [2.24, 2.45) is 0 Å². The first kappa shape index (κ1) is 13.2. The molecule has 19 heavy (non-hydrogen) atoms. The number of carboxylic acid groups (broad SMARTS) is 1. The van der Waals surface area contributed by atoms with Crippen molar-refractivity contribution in [2.45, 2.75) is 4.90 Å². The lowest BCUT2D eigenvalue weighted by molar-refractivity contribution is 0.0691. The van der Waals surface area contributed by atoms with Gasteiger partial charge in [0.25, 0.3) is 0 Å². The van der Waals surface area contributed by atoms with E-state index in [0.717, 1.165) is 0 Å². The van der Waals surface area contributed by atoms with Crippen molar-refractivity contribution in [1.82, 2.24) is 14.3 Å². The molecule has 0 saturated carbocycles. The molecular formula is C11H11N3O4S. The van der Waals surface area contributed by atoms with Gasteiger partial charge in [-0.05, 0) is 19.2 Å². The van der Waals surface area contributed by atoms with Gasteiger partial charge in [0.2, 0.25) is 10.0 Å². The Morgan fingerprint density at radius 2 is 2.05 bits per heavy atom. The van der Waals surface area contributed by atoms with Crippen LogP contribution in [0.15, 0.2) is 41.7 Å². The molecule has 2 N–H and O–H groups in total. The molecule has 100 valence electrons. The molecule has 2 aromatic rings.